The molecule has 0 saturated carbocycles. The summed E-state index contributed by atoms with van der Waals surface area (Å²) in [5.41, 5.74) is 4.31. The summed E-state index contributed by atoms with van der Waals surface area (Å²) in [6.45, 7) is 6.70. The van der Waals surface area contributed by atoms with Crippen molar-refractivity contribution in [3.8, 4) is 0 Å². The Labute approximate surface area is 148 Å². The number of quaternary nitrogens is 1. The van der Waals surface area contributed by atoms with E-state index in [-0.39, 0.29) is 5.78 Å². The molecule has 1 unspecified atom stereocenters. The SMILES string of the molecule is Cc1ccc2c(c1)c1c(n2CC(O)C[NH+]2CCOCC2)C(=O)CCC1. The molecule has 2 aliphatic rings. The molecule has 0 spiro atoms. The van der Waals surface area contributed by atoms with Crippen molar-refractivity contribution in [3.05, 3.63) is 35.0 Å². The van der Waals surface area contributed by atoms with Crippen LogP contribution in [0.5, 0.6) is 0 Å². The summed E-state index contributed by atoms with van der Waals surface area (Å²) in [6, 6.07) is 6.38. The number of aliphatic hydroxyl groups excluding tert-OH is 1. The number of rotatable bonds is 4. The van der Waals surface area contributed by atoms with E-state index in [1.165, 1.54) is 21.4 Å². The number of nitrogens with one attached hydrogen (secondary N) is 1. The smallest absolute Gasteiger partial charge is 0.179 e. The molecule has 0 bridgehead atoms. The third-order valence-corrected chi connectivity index (χ3v) is 5.54. The zero-order valence-electron chi connectivity index (χ0n) is 14.9. The van der Waals surface area contributed by atoms with Crippen LogP contribution in [0.3, 0.4) is 0 Å². The summed E-state index contributed by atoms with van der Waals surface area (Å²) in [4.78, 5) is 14.0. The number of ketones is 1. The van der Waals surface area contributed by atoms with E-state index in [2.05, 4.69) is 29.7 Å². The maximum atomic E-state index is 12.6. The number of aromatic nitrogens is 1. The number of aliphatic hydroxyl groups is 1. The van der Waals surface area contributed by atoms with Crippen LogP contribution in [-0.2, 0) is 17.7 Å². The van der Waals surface area contributed by atoms with E-state index in [0.717, 1.165) is 50.4 Å². The molecule has 2 N–H and O–H groups in total. The van der Waals surface area contributed by atoms with E-state index < -0.39 is 6.10 Å². The van der Waals surface area contributed by atoms with Gasteiger partial charge in [-0.15, -0.1) is 0 Å². The molecule has 1 aliphatic carbocycles. The fourth-order valence-corrected chi connectivity index (χ4v) is 4.32. The zero-order chi connectivity index (χ0) is 17.4. The number of aryl methyl sites for hydroxylation is 2. The van der Waals surface area contributed by atoms with E-state index in [4.69, 9.17) is 4.74 Å². The van der Waals surface area contributed by atoms with Crippen molar-refractivity contribution in [2.45, 2.75) is 38.8 Å². The number of ether oxygens (including phenoxy) is 1. The molecule has 1 aromatic carbocycles. The van der Waals surface area contributed by atoms with Gasteiger partial charge in [-0.3, -0.25) is 4.79 Å². The second-order valence-electron chi connectivity index (χ2n) is 7.46. The lowest BCUT2D eigenvalue weighted by molar-refractivity contribution is -0.911. The van der Waals surface area contributed by atoms with Gasteiger partial charge in [-0.2, -0.15) is 0 Å². The van der Waals surface area contributed by atoms with Crippen LogP contribution in [-0.4, -0.2) is 54.4 Å². The average molecular weight is 343 g/mol. The van der Waals surface area contributed by atoms with Crippen LogP contribution in [0.4, 0.5) is 0 Å². The minimum atomic E-state index is -0.455. The van der Waals surface area contributed by atoms with Gasteiger partial charge in [0.25, 0.3) is 0 Å². The molecule has 1 aliphatic heterocycles. The lowest BCUT2D eigenvalue weighted by Crippen LogP contribution is -3.15. The minimum Gasteiger partial charge on any atom is -0.385 e. The first kappa shape index (κ1) is 16.8. The van der Waals surface area contributed by atoms with Gasteiger partial charge in [0.2, 0.25) is 0 Å². The van der Waals surface area contributed by atoms with Gasteiger partial charge in [-0.1, -0.05) is 11.6 Å². The Balaban J connectivity index is 1.66. The summed E-state index contributed by atoms with van der Waals surface area (Å²) in [5.74, 6) is 0.223. The van der Waals surface area contributed by atoms with E-state index in [9.17, 15) is 9.90 Å². The van der Waals surface area contributed by atoms with Crippen LogP contribution in [0.15, 0.2) is 18.2 Å². The summed E-state index contributed by atoms with van der Waals surface area (Å²) in [7, 11) is 0. The highest BCUT2D eigenvalue weighted by Crippen LogP contribution is 2.33. The quantitative estimate of drug-likeness (QED) is 0.861. The molecule has 0 radical (unpaired) electrons. The minimum absolute atomic E-state index is 0.223. The van der Waals surface area contributed by atoms with Gasteiger partial charge in [-0.05, 0) is 37.5 Å². The van der Waals surface area contributed by atoms with Crippen LogP contribution in [0.1, 0.15) is 34.5 Å². The number of benzene rings is 1. The van der Waals surface area contributed by atoms with Crippen molar-refractivity contribution in [2.24, 2.45) is 0 Å². The molecule has 5 heteroatoms. The lowest BCUT2D eigenvalue weighted by Gasteiger charge is -2.26. The molecule has 2 aromatic rings. The van der Waals surface area contributed by atoms with Gasteiger partial charge in [0.05, 0.1) is 25.5 Å². The molecule has 5 nitrogen and oxygen atoms in total. The van der Waals surface area contributed by atoms with E-state index in [0.29, 0.717) is 19.5 Å². The van der Waals surface area contributed by atoms with E-state index in [1.54, 1.807) is 0 Å². The maximum Gasteiger partial charge on any atom is 0.179 e. The van der Waals surface area contributed by atoms with Crippen molar-refractivity contribution in [1.29, 1.82) is 0 Å². The fraction of sp³-hybridized carbons (Fsp3) is 0.550. The van der Waals surface area contributed by atoms with Crippen LogP contribution in [0.2, 0.25) is 0 Å². The van der Waals surface area contributed by atoms with Gasteiger partial charge in [-0.25, -0.2) is 0 Å². The topological polar surface area (TPSA) is 55.9 Å². The summed E-state index contributed by atoms with van der Waals surface area (Å²) in [6.07, 6.45) is 2.05. The van der Waals surface area contributed by atoms with Gasteiger partial charge >= 0.3 is 0 Å². The highest BCUT2D eigenvalue weighted by Gasteiger charge is 2.28. The molecular formula is C20H27N2O3+. The Morgan fingerprint density at radius 3 is 2.88 bits per heavy atom. The van der Waals surface area contributed by atoms with Gasteiger partial charge < -0.3 is 19.3 Å². The number of hydrogen-bond acceptors (Lipinski definition) is 3. The standard InChI is InChI=1S/C20H26N2O3/c1-14-5-6-18-17(11-14)16-3-2-4-19(24)20(16)22(18)13-15(23)12-21-7-9-25-10-8-21/h5-6,11,15,23H,2-4,7-10,12-13H2,1H3/p+1. The zero-order valence-corrected chi connectivity index (χ0v) is 14.9. The number of nitrogens with zero attached hydrogens (tertiary/aromatic N) is 1. The Morgan fingerprint density at radius 2 is 2.08 bits per heavy atom. The van der Waals surface area contributed by atoms with Crippen LogP contribution in [0.25, 0.3) is 10.9 Å². The molecule has 25 heavy (non-hydrogen) atoms. The molecule has 1 saturated heterocycles. The molecule has 4 rings (SSSR count). The molecule has 134 valence electrons. The number of carbonyl (C=O) groups is 1. The molecule has 1 fully saturated rings. The number of morpholine rings is 1. The average Bonchev–Trinajstić information content (AvgIpc) is 2.90. The summed E-state index contributed by atoms with van der Waals surface area (Å²) < 4.78 is 7.47. The van der Waals surface area contributed by atoms with Gasteiger partial charge in [0, 0.05) is 17.3 Å². The highest BCUT2D eigenvalue weighted by atomic mass is 16.5. The lowest BCUT2D eigenvalue weighted by atomic mass is 9.94. The predicted molar refractivity (Wildman–Crippen MR) is 96.3 cm³/mol. The Hall–Kier alpha value is -1.69. The first-order chi connectivity index (χ1) is 12.1. The predicted octanol–water partition coefficient (Wildman–Crippen LogP) is 0.745. The van der Waals surface area contributed by atoms with Crippen molar-refractivity contribution in [2.75, 3.05) is 32.8 Å². The molecule has 2 heterocycles. The second kappa shape index (κ2) is 6.90. The molecule has 0 amide bonds. The van der Waals surface area contributed by atoms with Crippen LogP contribution >= 0.6 is 0 Å². The van der Waals surface area contributed by atoms with Gasteiger partial charge in [0.15, 0.2) is 5.78 Å². The van der Waals surface area contributed by atoms with E-state index >= 15 is 0 Å². The van der Waals surface area contributed by atoms with Crippen molar-refractivity contribution in [1.82, 2.24) is 4.57 Å². The number of fused-ring (bicyclic) bond motifs is 3. The van der Waals surface area contributed by atoms with Gasteiger partial charge in [0.1, 0.15) is 25.7 Å². The Morgan fingerprint density at radius 1 is 1.28 bits per heavy atom. The number of Topliss-reactive ketones (excluding diaryl/α,β-unsaturated/α-hetero) is 1. The molecule has 1 aromatic heterocycles. The Kier molecular flexibility index (Phi) is 4.63. The third-order valence-electron chi connectivity index (χ3n) is 5.54. The number of carbonyl (C=O) groups excluding carboxylic acids is 1. The second-order valence-corrected chi connectivity index (χ2v) is 7.46. The van der Waals surface area contributed by atoms with Crippen LogP contribution < -0.4 is 4.90 Å². The molecule has 1 atom stereocenters. The van der Waals surface area contributed by atoms with Crippen LogP contribution in [0, 0.1) is 6.92 Å². The number of hydrogen-bond donors (Lipinski definition) is 2. The largest absolute Gasteiger partial charge is 0.385 e. The normalized spacial score (nSPS) is 20.0. The first-order valence-electron chi connectivity index (χ1n) is 9.38. The van der Waals surface area contributed by atoms with Crippen molar-refractivity contribution >= 4 is 16.7 Å². The third kappa shape index (κ3) is 3.24. The maximum absolute atomic E-state index is 12.6. The first-order valence-corrected chi connectivity index (χ1v) is 9.38. The summed E-state index contributed by atoms with van der Waals surface area (Å²) >= 11 is 0. The molecular weight excluding hydrogens is 316 g/mol. The van der Waals surface area contributed by atoms with Crippen molar-refractivity contribution in [3.63, 3.8) is 0 Å². The monoisotopic (exact) mass is 343 g/mol. The Bertz CT molecular complexity index is 790. The van der Waals surface area contributed by atoms with E-state index in [1.807, 2.05) is 0 Å². The van der Waals surface area contributed by atoms with Crippen molar-refractivity contribution < 1.29 is 19.5 Å². The highest BCUT2D eigenvalue weighted by molar-refractivity contribution is 6.04. The fourth-order valence-electron chi connectivity index (χ4n) is 4.32. The summed E-state index contributed by atoms with van der Waals surface area (Å²) in [5, 5.41) is 11.9.